The highest BCUT2D eigenvalue weighted by Crippen LogP contribution is 2.29. The first-order valence-corrected chi connectivity index (χ1v) is 7.39. The van der Waals surface area contributed by atoms with Crippen LogP contribution in [0.2, 0.25) is 0 Å². The van der Waals surface area contributed by atoms with Crippen LogP contribution < -0.4 is 5.73 Å². The minimum atomic E-state index is 0.270. The van der Waals surface area contributed by atoms with Crippen molar-refractivity contribution < 1.29 is 5.11 Å². The van der Waals surface area contributed by atoms with E-state index in [0.717, 1.165) is 13.0 Å². The highest BCUT2D eigenvalue weighted by Gasteiger charge is 2.28. The van der Waals surface area contributed by atoms with Crippen molar-refractivity contribution >= 4 is 0 Å². The number of likely N-dealkylation sites (tertiary alicyclic amines) is 1. The molecule has 0 aliphatic carbocycles. The second-order valence-corrected chi connectivity index (χ2v) is 5.57. The summed E-state index contributed by atoms with van der Waals surface area (Å²) in [4.78, 5) is 2.51. The molecule has 1 saturated heterocycles. The summed E-state index contributed by atoms with van der Waals surface area (Å²) in [5, 5.41) is 9.25. The van der Waals surface area contributed by atoms with Gasteiger partial charge in [0.15, 0.2) is 0 Å². The summed E-state index contributed by atoms with van der Waals surface area (Å²) in [6, 6.07) is 9.42. The van der Waals surface area contributed by atoms with E-state index in [1.807, 2.05) is 0 Å². The van der Waals surface area contributed by atoms with Crippen molar-refractivity contribution in [3.8, 4) is 0 Å². The van der Waals surface area contributed by atoms with Crippen molar-refractivity contribution in [3.63, 3.8) is 0 Å². The molecule has 1 aromatic rings. The molecule has 2 atom stereocenters. The van der Waals surface area contributed by atoms with Crippen LogP contribution in [0, 0.1) is 6.92 Å². The fourth-order valence-electron chi connectivity index (χ4n) is 3.23. The number of aliphatic hydroxyl groups excluding tert-OH is 1. The van der Waals surface area contributed by atoms with Crippen LogP contribution in [0.4, 0.5) is 0 Å². The van der Waals surface area contributed by atoms with Crippen LogP contribution in [-0.2, 0) is 0 Å². The fourth-order valence-corrected chi connectivity index (χ4v) is 3.23. The van der Waals surface area contributed by atoms with Crippen molar-refractivity contribution in [2.45, 2.75) is 44.7 Å². The van der Waals surface area contributed by atoms with Gasteiger partial charge in [-0.25, -0.2) is 0 Å². The maximum Gasteiger partial charge on any atom is 0.0473 e. The highest BCUT2D eigenvalue weighted by molar-refractivity contribution is 5.25. The van der Waals surface area contributed by atoms with Crippen LogP contribution in [0.5, 0.6) is 0 Å². The third-order valence-corrected chi connectivity index (χ3v) is 4.19. The fraction of sp³-hybridized carbons (Fsp3) is 0.625. The number of benzene rings is 1. The van der Waals surface area contributed by atoms with Gasteiger partial charge in [-0.1, -0.05) is 36.2 Å². The van der Waals surface area contributed by atoms with Gasteiger partial charge in [-0.15, -0.1) is 0 Å². The molecule has 0 aromatic heterocycles. The second kappa shape index (κ2) is 7.04. The first kappa shape index (κ1) is 14.5. The van der Waals surface area contributed by atoms with Gasteiger partial charge in [0.2, 0.25) is 0 Å². The largest absolute Gasteiger partial charge is 0.396 e. The van der Waals surface area contributed by atoms with Crippen LogP contribution in [0.15, 0.2) is 24.3 Å². The van der Waals surface area contributed by atoms with Crippen molar-refractivity contribution in [3.05, 3.63) is 35.4 Å². The first-order valence-electron chi connectivity index (χ1n) is 7.39. The lowest BCUT2D eigenvalue weighted by atomic mass is 9.94. The quantitative estimate of drug-likeness (QED) is 0.855. The van der Waals surface area contributed by atoms with E-state index in [9.17, 15) is 5.11 Å². The Balaban J connectivity index is 2.19. The molecule has 1 aliphatic rings. The number of hydrogen-bond donors (Lipinski definition) is 2. The molecular weight excluding hydrogens is 236 g/mol. The Hall–Kier alpha value is -0.900. The molecule has 106 valence electrons. The van der Waals surface area contributed by atoms with E-state index in [-0.39, 0.29) is 12.6 Å². The molecule has 2 rings (SSSR count). The number of hydrogen-bond acceptors (Lipinski definition) is 3. The van der Waals surface area contributed by atoms with Crippen molar-refractivity contribution in [1.29, 1.82) is 0 Å². The molecular formula is C16H26N2O. The Morgan fingerprint density at radius 3 is 2.95 bits per heavy atom. The monoisotopic (exact) mass is 262 g/mol. The summed E-state index contributed by atoms with van der Waals surface area (Å²) >= 11 is 0. The molecule has 0 radical (unpaired) electrons. The predicted octanol–water partition coefficient (Wildman–Crippen LogP) is 2.23. The summed E-state index contributed by atoms with van der Waals surface area (Å²) in [6.45, 7) is 4.14. The average molecular weight is 262 g/mol. The summed E-state index contributed by atoms with van der Waals surface area (Å²) in [5.41, 5.74) is 8.64. The molecule has 1 aliphatic heterocycles. The van der Waals surface area contributed by atoms with E-state index in [2.05, 4.69) is 36.1 Å². The zero-order chi connectivity index (χ0) is 13.7. The lowest BCUT2D eigenvalue weighted by Crippen LogP contribution is -2.45. The van der Waals surface area contributed by atoms with E-state index in [0.29, 0.717) is 12.6 Å². The van der Waals surface area contributed by atoms with Gasteiger partial charge in [0.05, 0.1) is 0 Å². The minimum Gasteiger partial charge on any atom is -0.396 e. The van der Waals surface area contributed by atoms with E-state index >= 15 is 0 Å². The van der Waals surface area contributed by atoms with E-state index in [1.54, 1.807) is 0 Å². The molecule has 1 heterocycles. The minimum absolute atomic E-state index is 0.270. The van der Waals surface area contributed by atoms with Gasteiger partial charge < -0.3 is 10.8 Å². The predicted molar refractivity (Wildman–Crippen MR) is 79.0 cm³/mol. The summed E-state index contributed by atoms with van der Waals surface area (Å²) in [7, 11) is 0. The van der Waals surface area contributed by atoms with Crippen LogP contribution in [-0.4, -0.2) is 35.7 Å². The van der Waals surface area contributed by atoms with E-state index < -0.39 is 0 Å². The van der Waals surface area contributed by atoms with Crippen molar-refractivity contribution in [2.24, 2.45) is 5.73 Å². The van der Waals surface area contributed by atoms with Gasteiger partial charge in [0.1, 0.15) is 0 Å². The van der Waals surface area contributed by atoms with Gasteiger partial charge in [0, 0.05) is 25.2 Å². The van der Waals surface area contributed by atoms with Crippen LogP contribution >= 0.6 is 0 Å². The molecule has 0 amide bonds. The standard InChI is InChI=1S/C16H26N2O/c1-13-5-4-6-14(11-13)16(12-17)18-9-3-2-7-15(18)8-10-19/h4-6,11,15-16,19H,2-3,7-10,12,17H2,1H3. The van der Waals surface area contributed by atoms with E-state index in [4.69, 9.17) is 5.73 Å². The molecule has 1 fully saturated rings. The zero-order valence-electron chi connectivity index (χ0n) is 11.9. The Labute approximate surface area is 116 Å². The lowest BCUT2D eigenvalue weighted by molar-refractivity contribution is 0.0782. The molecule has 0 spiro atoms. The molecule has 3 heteroatoms. The van der Waals surface area contributed by atoms with Gasteiger partial charge in [-0.2, -0.15) is 0 Å². The molecule has 0 bridgehead atoms. The number of aliphatic hydroxyl groups is 1. The molecule has 0 saturated carbocycles. The molecule has 3 N–H and O–H groups in total. The molecule has 2 unspecified atom stereocenters. The summed E-state index contributed by atoms with van der Waals surface area (Å²) in [5.74, 6) is 0. The molecule has 19 heavy (non-hydrogen) atoms. The topological polar surface area (TPSA) is 49.5 Å². The average Bonchev–Trinajstić information content (AvgIpc) is 2.42. The molecule has 1 aromatic carbocycles. The second-order valence-electron chi connectivity index (χ2n) is 5.57. The van der Waals surface area contributed by atoms with Gasteiger partial charge >= 0.3 is 0 Å². The van der Waals surface area contributed by atoms with Gasteiger partial charge in [-0.3, -0.25) is 4.90 Å². The maximum absolute atomic E-state index is 9.25. The zero-order valence-corrected chi connectivity index (χ0v) is 11.9. The summed E-state index contributed by atoms with van der Waals surface area (Å²) in [6.07, 6.45) is 4.56. The number of rotatable bonds is 5. The Bertz CT molecular complexity index is 392. The summed E-state index contributed by atoms with van der Waals surface area (Å²) < 4.78 is 0. The van der Waals surface area contributed by atoms with Crippen LogP contribution in [0.25, 0.3) is 0 Å². The molecule has 3 nitrogen and oxygen atoms in total. The van der Waals surface area contributed by atoms with Gasteiger partial charge in [0.25, 0.3) is 0 Å². The van der Waals surface area contributed by atoms with Crippen LogP contribution in [0.3, 0.4) is 0 Å². The Morgan fingerprint density at radius 2 is 2.26 bits per heavy atom. The SMILES string of the molecule is Cc1cccc(C(CN)N2CCCCC2CCO)c1. The third-order valence-electron chi connectivity index (χ3n) is 4.19. The lowest BCUT2D eigenvalue weighted by Gasteiger charge is -2.41. The Kier molecular flexibility index (Phi) is 5.37. The number of nitrogens with zero attached hydrogens (tertiary/aromatic N) is 1. The normalized spacial score (nSPS) is 22.4. The maximum atomic E-state index is 9.25. The highest BCUT2D eigenvalue weighted by atomic mass is 16.3. The van der Waals surface area contributed by atoms with Crippen LogP contribution in [0.1, 0.15) is 42.9 Å². The number of nitrogens with two attached hydrogens (primary N) is 1. The smallest absolute Gasteiger partial charge is 0.0473 e. The number of aryl methyl sites for hydroxylation is 1. The van der Waals surface area contributed by atoms with Crippen molar-refractivity contribution in [1.82, 2.24) is 4.90 Å². The van der Waals surface area contributed by atoms with Gasteiger partial charge in [-0.05, 0) is 38.3 Å². The Morgan fingerprint density at radius 1 is 1.42 bits per heavy atom. The van der Waals surface area contributed by atoms with Crippen molar-refractivity contribution in [2.75, 3.05) is 19.7 Å². The third kappa shape index (κ3) is 3.56. The number of piperidine rings is 1. The van der Waals surface area contributed by atoms with E-state index in [1.165, 1.54) is 30.4 Å². The first-order chi connectivity index (χ1) is 9.26.